The van der Waals surface area contributed by atoms with Gasteiger partial charge in [0.2, 0.25) is 0 Å². The normalized spacial score (nSPS) is 12.4. The highest BCUT2D eigenvalue weighted by Gasteiger charge is 2.61. The van der Waals surface area contributed by atoms with Gasteiger partial charge in [-0.2, -0.15) is 22.0 Å². The summed E-state index contributed by atoms with van der Waals surface area (Å²) in [4.78, 5) is 3.74. The highest BCUT2D eigenvalue weighted by Crippen LogP contribution is 2.44. The van der Waals surface area contributed by atoms with Gasteiger partial charge >= 0.3 is 12.1 Å². The van der Waals surface area contributed by atoms with Gasteiger partial charge in [-0.1, -0.05) is 67.1 Å². The van der Waals surface area contributed by atoms with Crippen molar-refractivity contribution in [1.82, 2.24) is 9.55 Å². The number of nitrogens with one attached hydrogen (secondary N) is 1. The minimum absolute atomic E-state index is 0.0882. The number of aryl methyl sites for hydroxylation is 1. The lowest BCUT2D eigenvalue weighted by atomic mass is 9.98. The third-order valence-electron chi connectivity index (χ3n) is 5.65. The molecule has 1 aromatic heterocycles. The van der Waals surface area contributed by atoms with Crippen LogP contribution in [0.25, 0.3) is 11.1 Å². The molecule has 0 unspecified atom stereocenters. The Balaban J connectivity index is 1.96. The predicted octanol–water partition coefficient (Wildman–Crippen LogP) is 6.55. The van der Waals surface area contributed by atoms with E-state index in [4.69, 9.17) is 11.3 Å². The molecule has 0 saturated heterocycles. The number of amidine groups is 1. The molecule has 0 bridgehead atoms. The van der Waals surface area contributed by atoms with Gasteiger partial charge in [-0.25, -0.2) is 4.98 Å². The van der Waals surface area contributed by atoms with Crippen LogP contribution in [0.15, 0.2) is 58.9 Å². The molecule has 0 saturated carbocycles. The number of unbranched alkanes of at least 4 members (excludes halogenated alkanes) is 1. The smallest absolute Gasteiger partial charge is 0.327 e. The largest absolute Gasteiger partial charge is 0.459 e. The Morgan fingerprint density at radius 3 is 2.31 bits per heavy atom. The highest BCUT2D eigenvalue weighted by atomic mass is 19.4. The minimum atomic E-state index is -5.73. The number of nitrogens with zero attached hydrogens (tertiary/aromatic N) is 4. The number of halogens is 5. The van der Waals surface area contributed by atoms with Gasteiger partial charge in [0.1, 0.15) is 11.5 Å². The molecule has 0 amide bonds. The molecule has 0 fully saturated rings. The molecule has 3 aromatic rings. The van der Waals surface area contributed by atoms with E-state index in [0.29, 0.717) is 23.1 Å². The molecule has 3 rings (SSSR count). The van der Waals surface area contributed by atoms with E-state index in [1.807, 2.05) is 6.92 Å². The van der Waals surface area contributed by atoms with Crippen LogP contribution in [0.1, 0.15) is 48.1 Å². The zero-order chi connectivity index (χ0) is 25.8. The maximum atomic E-state index is 14.1. The Morgan fingerprint density at radius 2 is 1.71 bits per heavy atom. The van der Waals surface area contributed by atoms with Crippen LogP contribution in [-0.4, -0.2) is 21.6 Å². The van der Waals surface area contributed by atoms with Crippen molar-refractivity contribution in [1.29, 1.82) is 5.41 Å². The zero-order valence-electron chi connectivity index (χ0n) is 19.2. The molecule has 6 nitrogen and oxygen atoms in total. The lowest BCUT2D eigenvalue weighted by Crippen LogP contribution is -2.34. The zero-order valence-corrected chi connectivity index (χ0v) is 19.2. The number of hydrogen-bond donors (Lipinski definition) is 2. The summed E-state index contributed by atoms with van der Waals surface area (Å²) < 4.78 is 68.8. The van der Waals surface area contributed by atoms with Crippen molar-refractivity contribution < 1.29 is 22.0 Å². The van der Waals surface area contributed by atoms with Crippen molar-refractivity contribution in [2.24, 2.45) is 16.2 Å². The summed E-state index contributed by atoms with van der Waals surface area (Å²) in [6.07, 6.45) is -4.10. The lowest BCUT2D eigenvalue weighted by molar-refractivity contribution is -0.291. The van der Waals surface area contributed by atoms with Gasteiger partial charge in [0.15, 0.2) is 5.84 Å². The Bertz CT molecular complexity index is 1210. The van der Waals surface area contributed by atoms with Crippen LogP contribution in [0.2, 0.25) is 0 Å². The van der Waals surface area contributed by atoms with Gasteiger partial charge in [-0.15, -0.1) is 5.11 Å². The van der Waals surface area contributed by atoms with Gasteiger partial charge in [-0.05, 0) is 30.0 Å². The molecular weight excluding hydrogens is 467 g/mol. The molecular formula is C24H25F5N6. The number of nitrogens with two attached hydrogens (primary N) is 1. The maximum Gasteiger partial charge on any atom is 0.459 e. The van der Waals surface area contributed by atoms with Crippen LogP contribution in [0.4, 0.5) is 22.0 Å². The van der Waals surface area contributed by atoms with Crippen LogP contribution in [0, 0.1) is 12.3 Å². The van der Waals surface area contributed by atoms with Crippen molar-refractivity contribution >= 4 is 5.84 Å². The molecule has 0 atom stereocenters. The third kappa shape index (κ3) is 5.39. The summed E-state index contributed by atoms with van der Waals surface area (Å²) in [6.45, 7) is 3.22. The Hall–Kier alpha value is -3.63. The van der Waals surface area contributed by atoms with Crippen molar-refractivity contribution in [3.05, 3.63) is 76.9 Å². The summed E-state index contributed by atoms with van der Waals surface area (Å²) >= 11 is 0. The van der Waals surface area contributed by atoms with Crippen LogP contribution in [0.5, 0.6) is 0 Å². The lowest BCUT2D eigenvalue weighted by Gasteiger charge is -2.18. The second-order valence-electron chi connectivity index (χ2n) is 8.03. The molecule has 0 radical (unpaired) electrons. The number of alkyl halides is 5. The summed E-state index contributed by atoms with van der Waals surface area (Å²) in [5, 5.41) is 14.7. The summed E-state index contributed by atoms with van der Waals surface area (Å²) in [6, 6.07) is 14.1. The van der Waals surface area contributed by atoms with Gasteiger partial charge in [0, 0.05) is 24.2 Å². The topological polar surface area (TPSA) is 92.4 Å². The number of rotatable bonds is 8. The van der Waals surface area contributed by atoms with Crippen LogP contribution in [-0.2, 0) is 18.9 Å². The average Bonchev–Trinajstić information content (AvgIpc) is 3.13. The fourth-order valence-electron chi connectivity index (χ4n) is 3.78. The van der Waals surface area contributed by atoms with Crippen LogP contribution < -0.4 is 5.84 Å². The number of hydrogen-bond acceptors (Lipinski definition) is 3. The fourth-order valence-corrected chi connectivity index (χ4v) is 3.78. The minimum Gasteiger partial charge on any atom is -0.327 e. The molecule has 35 heavy (non-hydrogen) atoms. The second kappa shape index (κ2) is 10.3. The molecule has 1 heterocycles. The van der Waals surface area contributed by atoms with E-state index in [2.05, 4.69) is 15.3 Å². The van der Waals surface area contributed by atoms with E-state index in [1.165, 1.54) is 11.5 Å². The average molecular weight is 492 g/mol. The maximum absolute atomic E-state index is 14.1. The first-order valence-electron chi connectivity index (χ1n) is 10.9. The standard InChI is InChI=1S/C24H25F5N6/c1-3-4-9-20-32-21(23(25,26)24(27,28)29)15(2)35(20)14-16-10-12-17(13-11-16)18-7-5-6-8-19(18)22(30)33-34-31/h5-8,10-13H,3-4,9,14H2,1-2H3,(H3,30,31,33). The van der Waals surface area contributed by atoms with Crippen molar-refractivity contribution in [2.45, 2.75) is 51.8 Å². The van der Waals surface area contributed by atoms with Crippen LogP contribution in [0.3, 0.4) is 0 Å². The van der Waals surface area contributed by atoms with Gasteiger partial charge in [0.05, 0.1) is 0 Å². The van der Waals surface area contributed by atoms with Crippen molar-refractivity contribution in [3.8, 4) is 11.1 Å². The van der Waals surface area contributed by atoms with Crippen molar-refractivity contribution in [3.63, 3.8) is 0 Å². The van der Waals surface area contributed by atoms with E-state index >= 15 is 0 Å². The van der Waals surface area contributed by atoms with Crippen LogP contribution >= 0.6 is 0 Å². The van der Waals surface area contributed by atoms with Crippen molar-refractivity contribution in [2.75, 3.05) is 0 Å². The van der Waals surface area contributed by atoms with E-state index < -0.39 is 17.8 Å². The molecule has 11 heteroatoms. The summed E-state index contributed by atoms with van der Waals surface area (Å²) in [7, 11) is 0. The van der Waals surface area contributed by atoms with E-state index in [0.717, 1.165) is 12.0 Å². The Morgan fingerprint density at radius 1 is 1.06 bits per heavy atom. The molecule has 0 aliphatic rings. The monoisotopic (exact) mass is 492 g/mol. The van der Waals surface area contributed by atoms with Gasteiger partial charge < -0.3 is 10.4 Å². The number of imidazole rings is 1. The molecule has 186 valence electrons. The first-order chi connectivity index (χ1) is 16.5. The molecule has 3 N–H and O–H groups in total. The quantitative estimate of drug-likeness (QED) is 0.0931. The molecule has 0 aliphatic carbocycles. The predicted molar refractivity (Wildman–Crippen MR) is 122 cm³/mol. The summed E-state index contributed by atoms with van der Waals surface area (Å²) in [5.41, 5.74) is 1.22. The SMILES string of the molecule is CCCCc1nc(C(F)(F)C(F)(F)F)c(C)n1Cc1ccc(-c2ccccc2C(=N)N=NN)cc1. The van der Waals surface area contributed by atoms with Gasteiger partial charge in [-0.3, -0.25) is 5.41 Å². The molecule has 0 spiro atoms. The van der Waals surface area contributed by atoms with Gasteiger partial charge in [0.25, 0.3) is 0 Å². The highest BCUT2D eigenvalue weighted by molar-refractivity contribution is 6.02. The van der Waals surface area contributed by atoms with E-state index in [1.54, 1.807) is 48.5 Å². The second-order valence-corrected chi connectivity index (χ2v) is 8.03. The Kier molecular flexibility index (Phi) is 7.67. The summed E-state index contributed by atoms with van der Waals surface area (Å²) in [5.74, 6) is 0.0987. The number of aromatic nitrogens is 2. The Labute approximate surface area is 199 Å². The molecule has 0 aliphatic heterocycles. The van der Waals surface area contributed by atoms with E-state index in [-0.39, 0.29) is 30.3 Å². The first-order valence-corrected chi connectivity index (χ1v) is 10.9. The fraction of sp³-hybridized carbons (Fsp3) is 0.333. The number of benzene rings is 2. The molecule has 2 aromatic carbocycles. The van der Waals surface area contributed by atoms with E-state index in [9.17, 15) is 22.0 Å². The first kappa shape index (κ1) is 26.0. The third-order valence-corrected chi connectivity index (χ3v) is 5.65.